The predicted molar refractivity (Wildman–Crippen MR) is 91.1 cm³/mol. The second-order valence-corrected chi connectivity index (χ2v) is 10.3. The molecule has 0 radical (unpaired) electrons. The van der Waals surface area contributed by atoms with E-state index < -0.39 is 16.4 Å². The first-order chi connectivity index (χ1) is 10.9. The van der Waals surface area contributed by atoms with Crippen molar-refractivity contribution >= 4 is 11.9 Å². The van der Waals surface area contributed by atoms with E-state index in [1.165, 1.54) is 12.8 Å². The molecule has 4 bridgehead atoms. The molecular weight excluding hydrogens is 302 g/mol. The number of carbonyl (C=O) groups excluding carboxylic acids is 2. The first kappa shape index (κ1) is 16.4. The van der Waals surface area contributed by atoms with Gasteiger partial charge in [0.1, 0.15) is 0 Å². The van der Waals surface area contributed by atoms with E-state index in [0.29, 0.717) is 12.3 Å². The Hall–Kier alpha value is -1.06. The lowest BCUT2D eigenvalue weighted by atomic mass is 9.65. The normalized spacial score (nSPS) is 50.2. The van der Waals surface area contributed by atoms with Gasteiger partial charge in [-0.25, -0.2) is 0 Å². The number of amides is 1. The zero-order valence-electron chi connectivity index (χ0n) is 15.9. The van der Waals surface area contributed by atoms with E-state index in [0.717, 1.165) is 12.8 Å². The van der Waals surface area contributed by atoms with Crippen molar-refractivity contribution in [1.29, 1.82) is 0 Å². The van der Waals surface area contributed by atoms with Crippen molar-refractivity contribution in [1.82, 2.24) is 5.32 Å². The van der Waals surface area contributed by atoms with Gasteiger partial charge in [0.05, 0.1) is 5.41 Å². The predicted octanol–water partition coefficient (Wildman–Crippen LogP) is 3.44. The van der Waals surface area contributed by atoms with Crippen LogP contribution in [0.25, 0.3) is 0 Å². The minimum absolute atomic E-state index is 0.0587. The fourth-order valence-corrected chi connectivity index (χ4v) is 6.44. The Balaban J connectivity index is 1.62. The molecule has 4 rings (SSSR count). The molecule has 4 heteroatoms. The molecule has 4 fully saturated rings. The average molecular weight is 333 g/mol. The topological polar surface area (TPSA) is 55.4 Å². The molecule has 1 aliphatic heterocycles. The Morgan fingerprint density at radius 3 is 2.17 bits per heavy atom. The second kappa shape index (κ2) is 4.19. The first-order valence-corrected chi connectivity index (χ1v) is 9.47. The third kappa shape index (κ3) is 1.44. The molecule has 4 aliphatic rings. The van der Waals surface area contributed by atoms with Crippen LogP contribution in [-0.2, 0) is 14.3 Å². The monoisotopic (exact) mass is 333 g/mol. The second-order valence-electron chi connectivity index (χ2n) is 10.3. The first-order valence-electron chi connectivity index (χ1n) is 9.47. The van der Waals surface area contributed by atoms with Gasteiger partial charge in [-0.3, -0.25) is 9.59 Å². The molecular formula is C20H31NO3. The van der Waals surface area contributed by atoms with Crippen molar-refractivity contribution in [2.75, 3.05) is 0 Å². The van der Waals surface area contributed by atoms with E-state index in [1.807, 2.05) is 20.8 Å². The summed E-state index contributed by atoms with van der Waals surface area (Å²) < 4.78 is 5.75. The Labute approximate surface area is 145 Å². The van der Waals surface area contributed by atoms with Crippen LogP contribution in [0.3, 0.4) is 0 Å². The molecule has 1 heterocycles. The molecule has 1 amide bonds. The lowest BCUT2D eigenvalue weighted by molar-refractivity contribution is -0.169. The van der Waals surface area contributed by atoms with Crippen molar-refractivity contribution in [3.8, 4) is 0 Å². The molecule has 24 heavy (non-hydrogen) atoms. The Kier molecular flexibility index (Phi) is 2.86. The van der Waals surface area contributed by atoms with Crippen LogP contribution in [0, 0.1) is 27.6 Å². The number of nitrogens with one attached hydrogen (secondary N) is 1. The number of hydrogen-bond donors (Lipinski definition) is 1. The van der Waals surface area contributed by atoms with Gasteiger partial charge in [0.15, 0.2) is 5.60 Å². The van der Waals surface area contributed by atoms with Crippen LogP contribution in [0.1, 0.15) is 73.6 Å². The number of hydrogen-bond acceptors (Lipinski definition) is 3. The van der Waals surface area contributed by atoms with E-state index in [9.17, 15) is 9.59 Å². The van der Waals surface area contributed by atoms with Crippen LogP contribution in [0.5, 0.6) is 0 Å². The van der Waals surface area contributed by atoms with Gasteiger partial charge >= 0.3 is 5.97 Å². The van der Waals surface area contributed by atoms with Crippen LogP contribution < -0.4 is 5.32 Å². The molecule has 5 unspecified atom stereocenters. The summed E-state index contributed by atoms with van der Waals surface area (Å²) in [4.78, 5) is 25.7. The molecule has 3 saturated carbocycles. The minimum atomic E-state index is -0.985. The zero-order valence-corrected chi connectivity index (χ0v) is 15.9. The van der Waals surface area contributed by atoms with Crippen molar-refractivity contribution in [2.45, 2.75) is 85.3 Å². The summed E-state index contributed by atoms with van der Waals surface area (Å²) in [6.07, 6.45) is 4.87. The molecule has 134 valence electrons. The Bertz CT molecular complexity index is 639. The summed E-state index contributed by atoms with van der Waals surface area (Å²) in [6.45, 7) is 13.0. The summed E-state index contributed by atoms with van der Waals surface area (Å²) in [6, 6.07) is 0.190. The molecule has 1 N–H and O–H groups in total. The number of fused-ring (bicyclic) bond motifs is 4. The Morgan fingerprint density at radius 2 is 1.75 bits per heavy atom. The van der Waals surface area contributed by atoms with Gasteiger partial charge < -0.3 is 10.1 Å². The molecule has 0 aromatic rings. The maximum Gasteiger partial charge on any atom is 0.313 e. The lowest BCUT2D eigenvalue weighted by Gasteiger charge is -2.42. The van der Waals surface area contributed by atoms with Gasteiger partial charge in [-0.05, 0) is 55.8 Å². The highest BCUT2D eigenvalue weighted by molar-refractivity contribution is 5.96. The largest absolute Gasteiger partial charge is 0.448 e. The lowest BCUT2D eigenvalue weighted by Crippen LogP contribution is -2.58. The van der Waals surface area contributed by atoms with Crippen molar-refractivity contribution in [3.63, 3.8) is 0 Å². The average Bonchev–Trinajstić information content (AvgIpc) is 2.97. The van der Waals surface area contributed by atoms with E-state index in [2.05, 4.69) is 26.1 Å². The van der Waals surface area contributed by atoms with Crippen molar-refractivity contribution < 1.29 is 14.3 Å². The summed E-state index contributed by atoms with van der Waals surface area (Å²) >= 11 is 0. The molecule has 3 aliphatic carbocycles. The van der Waals surface area contributed by atoms with Crippen LogP contribution in [0.4, 0.5) is 0 Å². The van der Waals surface area contributed by atoms with E-state index >= 15 is 0 Å². The number of carbonyl (C=O) groups is 2. The van der Waals surface area contributed by atoms with Gasteiger partial charge in [0, 0.05) is 11.5 Å². The maximum atomic E-state index is 13.3. The molecule has 1 saturated heterocycles. The fraction of sp³-hybridized carbons (Fsp3) is 0.900. The maximum absolute atomic E-state index is 13.3. The minimum Gasteiger partial charge on any atom is -0.448 e. The summed E-state index contributed by atoms with van der Waals surface area (Å²) in [7, 11) is 0. The molecule has 4 nitrogen and oxygen atoms in total. The van der Waals surface area contributed by atoms with Crippen molar-refractivity contribution in [2.24, 2.45) is 27.6 Å². The van der Waals surface area contributed by atoms with E-state index in [1.54, 1.807) is 0 Å². The molecule has 0 aromatic carbocycles. The van der Waals surface area contributed by atoms with Crippen LogP contribution >= 0.6 is 0 Å². The fourth-order valence-electron chi connectivity index (χ4n) is 6.44. The zero-order chi connectivity index (χ0) is 17.8. The van der Waals surface area contributed by atoms with Crippen LogP contribution in [0.15, 0.2) is 0 Å². The third-order valence-electron chi connectivity index (χ3n) is 9.55. The van der Waals surface area contributed by atoms with E-state index in [-0.39, 0.29) is 28.7 Å². The molecule has 0 aromatic heterocycles. The number of ether oxygens (including phenoxy) is 1. The summed E-state index contributed by atoms with van der Waals surface area (Å²) in [5.41, 5.74) is -1.59. The highest BCUT2D eigenvalue weighted by Gasteiger charge is 2.76. The summed E-state index contributed by atoms with van der Waals surface area (Å²) in [5.74, 6) is 0.420. The number of esters is 1. The van der Waals surface area contributed by atoms with Gasteiger partial charge in [-0.15, -0.1) is 0 Å². The quantitative estimate of drug-likeness (QED) is 0.788. The highest BCUT2D eigenvalue weighted by atomic mass is 16.6. The van der Waals surface area contributed by atoms with Crippen LogP contribution in [0.2, 0.25) is 0 Å². The SMILES string of the molecule is CC12CCC(C(=O)NC3CC4CCC3(C)C4(C)C)(OC1=O)C2(C)C. The standard InChI is InChI=1S/C20H31NO3/c1-16(2)12-7-8-18(16,5)13(11-12)21-14(22)20-10-9-19(6,15(23)24-20)17(20,3)4/h12-13H,7-11H2,1-6H3,(H,21,22). The highest BCUT2D eigenvalue weighted by Crippen LogP contribution is 2.67. The Morgan fingerprint density at radius 1 is 1.08 bits per heavy atom. The van der Waals surface area contributed by atoms with Gasteiger partial charge in [-0.1, -0.05) is 34.6 Å². The molecule has 0 spiro atoms. The van der Waals surface area contributed by atoms with E-state index in [4.69, 9.17) is 4.74 Å². The number of rotatable bonds is 2. The summed E-state index contributed by atoms with van der Waals surface area (Å²) in [5, 5.41) is 3.34. The van der Waals surface area contributed by atoms with Crippen LogP contribution in [-0.4, -0.2) is 23.5 Å². The van der Waals surface area contributed by atoms with Gasteiger partial charge in [0.2, 0.25) is 0 Å². The smallest absolute Gasteiger partial charge is 0.313 e. The van der Waals surface area contributed by atoms with Gasteiger partial charge in [-0.2, -0.15) is 0 Å². The molecule has 5 atom stereocenters. The van der Waals surface area contributed by atoms with Crippen molar-refractivity contribution in [3.05, 3.63) is 0 Å². The third-order valence-corrected chi connectivity index (χ3v) is 9.55. The van der Waals surface area contributed by atoms with Gasteiger partial charge in [0.25, 0.3) is 5.91 Å².